The number of rotatable bonds is 3. The van der Waals surface area contributed by atoms with Crippen molar-refractivity contribution in [3.63, 3.8) is 0 Å². The van der Waals surface area contributed by atoms with Gasteiger partial charge in [0.25, 0.3) is 0 Å². The van der Waals surface area contributed by atoms with E-state index in [0.717, 1.165) is 21.3 Å². The first-order chi connectivity index (χ1) is 12.7. The molecule has 0 saturated carbocycles. The van der Waals surface area contributed by atoms with E-state index in [-0.39, 0.29) is 6.17 Å². The Balaban J connectivity index is 1.56. The predicted molar refractivity (Wildman–Crippen MR) is 107 cm³/mol. The smallest absolute Gasteiger partial charge is 0.129 e. The Kier molecular flexibility index (Phi) is 3.86. The lowest BCUT2D eigenvalue weighted by molar-refractivity contribution is 0.404. The van der Waals surface area contributed by atoms with Crippen LogP contribution in [0.4, 0.5) is 0 Å². The number of benzene rings is 3. The van der Waals surface area contributed by atoms with Gasteiger partial charge in [-0.2, -0.15) is 0 Å². The van der Waals surface area contributed by atoms with Crippen molar-refractivity contribution >= 4 is 28.9 Å². The van der Waals surface area contributed by atoms with Crippen molar-refractivity contribution in [1.29, 1.82) is 0 Å². The summed E-state index contributed by atoms with van der Waals surface area (Å²) >= 11 is 12.1. The monoisotopic (exact) mass is 378 g/mol. The molecule has 2 aliphatic heterocycles. The normalized spacial score (nSPS) is 26.3. The second kappa shape index (κ2) is 6.24. The first-order valence-corrected chi connectivity index (χ1v) is 9.39. The van der Waals surface area contributed by atoms with Crippen molar-refractivity contribution < 1.29 is 0 Å². The summed E-state index contributed by atoms with van der Waals surface area (Å²) in [6.07, 6.45) is 0.0214. The van der Waals surface area contributed by atoms with E-state index in [1.165, 1.54) is 11.1 Å². The van der Waals surface area contributed by atoms with Crippen LogP contribution in [0.5, 0.6) is 0 Å². The molecule has 0 bridgehead atoms. The molecule has 5 rings (SSSR count). The van der Waals surface area contributed by atoms with E-state index in [4.69, 9.17) is 28.2 Å². The van der Waals surface area contributed by atoms with Crippen molar-refractivity contribution in [3.05, 3.63) is 106 Å². The SMILES string of the molecule is Clc1ccc(C2=N[C@@H](c3ccc(Cl)cc3)N3[C@H]2[C@H]3c2ccccc2)cc1. The van der Waals surface area contributed by atoms with Crippen LogP contribution in [-0.2, 0) is 0 Å². The van der Waals surface area contributed by atoms with Crippen LogP contribution in [0.2, 0.25) is 10.0 Å². The Morgan fingerprint density at radius 3 is 1.92 bits per heavy atom. The molecule has 0 aromatic heterocycles. The lowest BCUT2D eigenvalue weighted by Crippen LogP contribution is -2.08. The third-order valence-corrected chi connectivity index (χ3v) is 5.63. The van der Waals surface area contributed by atoms with Gasteiger partial charge < -0.3 is 0 Å². The summed E-state index contributed by atoms with van der Waals surface area (Å²) in [5.74, 6) is 0. The molecule has 0 N–H and O–H groups in total. The Morgan fingerprint density at radius 2 is 1.27 bits per heavy atom. The number of hydrogen-bond acceptors (Lipinski definition) is 2. The molecule has 1 unspecified atom stereocenters. The minimum atomic E-state index is 0.0214. The van der Waals surface area contributed by atoms with E-state index in [0.29, 0.717) is 12.1 Å². The van der Waals surface area contributed by atoms with Gasteiger partial charge in [-0.15, -0.1) is 0 Å². The maximum absolute atomic E-state index is 6.07. The fourth-order valence-corrected chi connectivity index (χ4v) is 4.12. The van der Waals surface area contributed by atoms with Gasteiger partial charge in [-0.25, -0.2) is 0 Å². The Morgan fingerprint density at radius 1 is 0.654 bits per heavy atom. The number of hydrogen-bond donors (Lipinski definition) is 0. The minimum Gasteiger partial charge on any atom is -0.263 e. The standard InChI is InChI=1S/C22H16Cl2N2/c23-17-10-6-14(7-11-17)19-21-20(15-4-2-1-3-5-15)26(21)22(25-19)16-8-12-18(24)13-9-16/h1-13,20-22H/t20-,21-,22-,26?/m1/s1. The summed E-state index contributed by atoms with van der Waals surface area (Å²) in [4.78, 5) is 7.51. The van der Waals surface area contributed by atoms with Gasteiger partial charge in [0.05, 0.1) is 17.8 Å². The van der Waals surface area contributed by atoms with Crippen molar-refractivity contribution in [3.8, 4) is 0 Å². The zero-order chi connectivity index (χ0) is 17.7. The Hall–Kier alpha value is -2.13. The summed E-state index contributed by atoms with van der Waals surface area (Å²) in [6, 6.07) is 27.3. The molecule has 0 spiro atoms. The van der Waals surface area contributed by atoms with Gasteiger partial charge in [-0.3, -0.25) is 9.89 Å². The molecule has 3 aromatic carbocycles. The van der Waals surface area contributed by atoms with E-state index in [1.54, 1.807) is 0 Å². The van der Waals surface area contributed by atoms with Crippen molar-refractivity contribution in [2.24, 2.45) is 4.99 Å². The highest BCUT2D eigenvalue weighted by molar-refractivity contribution is 6.31. The first kappa shape index (κ1) is 16.1. The molecular weight excluding hydrogens is 363 g/mol. The molecule has 128 valence electrons. The zero-order valence-electron chi connectivity index (χ0n) is 13.9. The van der Waals surface area contributed by atoms with Gasteiger partial charge in [0.1, 0.15) is 6.17 Å². The summed E-state index contributed by atoms with van der Waals surface area (Å²) in [5, 5.41) is 1.49. The van der Waals surface area contributed by atoms with Gasteiger partial charge in [-0.05, 0) is 41.0 Å². The van der Waals surface area contributed by atoms with E-state index in [1.807, 2.05) is 24.3 Å². The predicted octanol–water partition coefficient (Wildman–Crippen LogP) is 5.92. The number of aliphatic imine (C=N–C) groups is 1. The third-order valence-electron chi connectivity index (χ3n) is 5.12. The largest absolute Gasteiger partial charge is 0.263 e. The average molecular weight is 379 g/mol. The maximum atomic E-state index is 6.07. The van der Waals surface area contributed by atoms with E-state index < -0.39 is 0 Å². The maximum Gasteiger partial charge on any atom is 0.129 e. The molecular formula is C22H16Cl2N2. The summed E-state index contributed by atoms with van der Waals surface area (Å²) in [6.45, 7) is 0. The number of nitrogens with zero attached hydrogens (tertiary/aromatic N) is 2. The molecule has 0 amide bonds. The van der Waals surface area contributed by atoms with Crippen LogP contribution in [0, 0.1) is 0 Å². The van der Waals surface area contributed by atoms with Crippen LogP contribution in [-0.4, -0.2) is 16.7 Å². The summed E-state index contributed by atoms with van der Waals surface area (Å²) in [5.41, 5.74) is 4.77. The topological polar surface area (TPSA) is 15.4 Å². The molecule has 4 heteroatoms. The molecule has 0 radical (unpaired) electrons. The van der Waals surface area contributed by atoms with E-state index in [2.05, 4.69) is 59.5 Å². The highest BCUT2D eigenvalue weighted by atomic mass is 35.5. The molecule has 0 aliphatic carbocycles. The van der Waals surface area contributed by atoms with E-state index in [9.17, 15) is 0 Å². The van der Waals surface area contributed by atoms with Gasteiger partial charge >= 0.3 is 0 Å². The van der Waals surface area contributed by atoms with Crippen LogP contribution >= 0.6 is 23.2 Å². The van der Waals surface area contributed by atoms with Crippen molar-refractivity contribution in [2.45, 2.75) is 18.2 Å². The quantitative estimate of drug-likeness (QED) is 0.516. The minimum absolute atomic E-state index is 0.0214. The molecule has 2 heterocycles. The fourth-order valence-electron chi connectivity index (χ4n) is 3.87. The van der Waals surface area contributed by atoms with Gasteiger partial charge in [-0.1, -0.05) is 77.8 Å². The second-order valence-corrected chi connectivity index (χ2v) is 7.57. The molecule has 2 nitrogen and oxygen atoms in total. The highest BCUT2D eigenvalue weighted by Crippen LogP contribution is 2.55. The van der Waals surface area contributed by atoms with Gasteiger partial charge in [0.2, 0.25) is 0 Å². The Bertz CT molecular complexity index is 965. The molecule has 2 aliphatic rings. The summed E-state index contributed by atoms with van der Waals surface area (Å²) < 4.78 is 0. The molecule has 26 heavy (non-hydrogen) atoms. The van der Waals surface area contributed by atoms with Crippen LogP contribution < -0.4 is 0 Å². The van der Waals surface area contributed by atoms with Crippen LogP contribution in [0.15, 0.2) is 83.9 Å². The van der Waals surface area contributed by atoms with Crippen LogP contribution in [0.3, 0.4) is 0 Å². The molecule has 1 saturated heterocycles. The van der Waals surface area contributed by atoms with Crippen molar-refractivity contribution in [2.75, 3.05) is 0 Å². The Labute approximate surface area is 162 Å². The first-order valence-electron chi connectivity index (χ1n) is 8.64. The molecule has 1 fully saturated rings. The number of halogens is 2. The summed E-state index contributed by atoms with van der Waals surface area (Å²) in [7, 11) is 0. The third kappa shape index (κ3) is 2.66. The van der Waals surface area contributed by atoms with Crippen LogP contribution in [0.25, 0.3) is 0 Å². The second-order valence-electron chi connectivity index (χ2n) is 6.69. The van der Waals surface area contributed by atoms with Crippen LogP contribution in [0.1, 0.15) is 28.9 Å². The van der Waals surface area contributed by atoms with Crippen molar-refractivity contribution in [1.82, 2.24) is 4.90 Å². The van der Waals surface area contributed by atoms with Gasteiger partial charge in [0, 0.05) is 10.0 Å². The van der Waals surface area contributed by atoms with E-state index >= 15 is 0 Å². The zero-order valence-corrected chi connectivity index (χ0v) is 15.4. The fraction of sp³-hybridized carbons (Fsp3) is 0.136. The van der Waals surface area contributed by atoms with Gasteiger partial charge in [0.15, 0.2) is 0 Å². The molecule has 3 aromatic rings. The molecule has 4 atom stereocenters. The highest BCUT2D eigenvalue weighted by Gasteiger charge is 2.59. The number of fused-ring (bicyclic) bond motifs is 1. The average Bonchev–Trinajstić information content (AvgIpc) is 3.29. The lowest BCUT2D eigenvalue weighted by Gasteiger charge is -2.14. The lowest BCUT2D eigenvalue weighted by atomic mass is 10.0.